The first-order chi connectivity index (χ1) is 11.8. The molecule has 0 saturated carbocycles. The van der Waals surface area contributed by atoms with Gasteiger partial charge in [-0.1, -0.05) is 64.5 Å². The van der Waals surface area contributed by atoms with Crippen molar-refractivity contribution in [2.75, 3.05) is 11.9 Å². The number of halogens is 3. The molecule has 0 spiro atoms. The number of hydrogen-bond acceptors (Lipinski definition) is 2. The average Bonchev–Trinajstić information content (AvgIpc) is 2.64. The number of hydrogen-bond donors (Lipinski definition) is 0. The maximum atomic E-state index is 10.5. The second kappa shape index (κ2) is 14.2. The van der Waals surface area contributed by atoms with Crippen molar-refractivity contribution >= 4 is 50.4 Å². The first kappa shape index (κ1) is 22.1. The van der Waals surface area contributed by atoms with E-state index in [1.165, 1.54) is 22.5 Å². The fraction of sp³-hybridized carbons (Fsp3) is 0.278. The molecule has 0 N–H and O–H groups in total. The summed E-state index contributed by atoms with van der Waals surface area (Å²) in [5, 5.41) is 0.901. The molecular formula is C18H19Br3CuO2. The summed E-state index contributed by atoms with van der Waals surface area (Å²) in [5.74, 6) is 0. The van der Waals surface area contributed by atoms with E-state index in [4.69, 9.17) is 4.74 Å². The van der Waals surface area contributed by atoms with Crippen molar-refractivity contribution in [3.8, 4) is 0 Å². The van der Waals surface area contributed by atoms with E-state index >= 15 is 0 Å². The van der Waals surface area contributed by atoms with Gasteiger partial charge in [0.15, 0.2) is 0 Å². The molecule has 1 aliphatic heterocycles. The van der Waals surface area contributed by atoms with Gasteiger partial charge in [0, 0.05) is 10.9 Å². The van der Waals surface area contributed by atoms with E-state index in [0.717, 1.165) is 48.8 Å². The van der Waals surface area contributed by atoms with Gasteiger partial charge < -0.3 is 4.74 Å². The zero-order valence-electron chi connectivity index (χ0n) is 13.0. The minimum Gasteiger partial charge on any atom is -0.376 e. The van der Waals surface area contributed by atoms with E-state index in [2.05, 4.69) is 68.4 Å². The van der Waals surface area contributed by atoms with E-state index in [1.807, 2.05) is 24.3 Å². The zero-order valence-corrected chi connectivity index (χ0v) is 18.7. The third-order valence-corrected chi connectivity index (χ3v) is 3.83. The summed E-state index contributed by atoms with van der Waals surface area (Å²) >= 11 is 10.7. The van der Waals surface area contributed by atoms with Crippen LogP contribution in [0.15, 0.2) is 48.5 Å². The Labute approximate surface area is 172 Å². The standard InChI is InChI=1S/C9H9BrO.C9H10O.2BrH.Cu/c10-6-5-8-3-1-2-4-9(8)7-11;1-2-4-9-7-10-6-5-8(9)3-1;;;/h1-4,7H,5-6H2;1-4H,5-7H2;2*1H;/q;;;;+2/p-2. The molecule has 0 aliphatic carbocycles. The molecule has 0 atom stereocenters. The fourth-order valence-electron chi connectivity index (χ4n) is 2.29. The fourth-order valence-corrected chi connectivity index (χ4v) is 2.71. The maximum Gasteiger partial charge on any atom is 0.0719 e. The molecule has 0 aromatic heterocycles. The Balaban J connectivity index is 0.000000207. The average molecular weight is 571 g/mol. The predicted molar refractivity (Wildman–Crippen MR) is 107 cm³/mol. The van der Waals surface area contributed by atoms with Crippen molar-refractivity contribution in [1.82, 2.24) is 0 Å². The van der Waals surface area contributed by atoms with Crippen molar-refractivity contribution in [3.05, 3.63) is 70.8 Å². The van der Waals surface area contributed by atoms with E-state index in [1.54, 1.807) is 0 Å². The topological polar surface area (TPSA) is 26.3 Å². The number of carbonyl (C=O) groups is 1. The van der Waals surface area contributed by atoms with Crippen LogP contribution in [0.25, 0.3) is 0 Å². The molecular weight excluding hydrogens is 551 g/mol. The smallest absolute Gasteiger partial charge is 0.0719 e. The predicted octanol–water partition coefficient (Wildman–Crippen LogP) is 5.88. The van der Waals surface area contributed by atoms with Gasteiger partial charge in [-0.15, -0.1) is 0 Å². The van der Waals surface area contributed by atoms with Crippen molar-refractivity contribution in [2.45, 2.75) is 19.4 Å². The number of aldehydes is 1. The molecule has 1 heterocycles. The largest absolute Gasteiger partial charge is 0.376 e. The van der Waals surface area contributed by atoms with Crippen LogP contribution in [0.3, 0.4) is 0 Å². The van der Waals surface area contributed by atoms with Crippen LogP contribution in [0.4, 0.5) is 0 Å². The van der Waals surface area contributed by atoms with Gasteiger partial charge in [0.1, 0.15) is 6.29 Å². The second-order valence-electron chi connectivity index (χ2n) is 4.87. The van der Waals surface area contributed by atoms with Gasteiger partial charge in [0.05, 0.1) is 13.2 Å². The summed E-state index contributed by atoms with van der Waals surface area (Å²) in [6, 6.07) is 16.1. The van der Waals surface area contributed by atoms with Crippen molar-refractivity contribution in [2.24, 2.45) is 0 Å². The van der Waals surface area contributed by atoms with Crippen molar-refractivity contribution in [1.29, 1.82) is 0 Å². The first-order valence-electron chi connectivity index (χ1n) is 7.31. The molecule has 6 heteroatoms. The molecule has 2 aromatic rings. The molecule has 0 fully saturated rings. The normalized spacial score (nSPS) is 12.1. The Kier molecular flexibility index (Phi) is 13.1. The van der Waals surface area contributed by atoms with E-state index in [0.29, 0.717) is 0 Å². The zero-order chi connectivity index (χ0) is 17.6. The van der Waals surface area contributed by atoms with Gasteiger partial charge in [-0.25, -0.2) is 0 Å². The van der Waals surface area contributed by atoms with Gasteiger partial charge in [-0.05, 0) is 29.5 Å². The Morgan fingerprint density at radius 1 is 1.04 bits per heavy atom. The maximum absolute atomic E-state index is 10.5. The number of rotatable bonds is 3. The molecule has 0 saturated heterocycles. The van der Waals surface area contributed by atoms with Crippen molar-refractivity contribution in [3.63, 3.8) is 0 Å². The SMILES string of the molecule is O=Cc1ccccc1CCBr.[Br][Cu][Br].c1ccc2c(c1)CCOC2. The molecule has 2 aromatic carbocycles. The summed E-state index contributed by atoms with van der Waals surface area (Å²) in [6.45, 7) is 1.69. The van der Waals surface area contributed by atoms with Crippen LogP contribution >= 0.6 is 44.2 Å². The summed E-state index contributed by atoms with van der Waals surface area (Å²) in [4.78, 5) is 10.5. The van der Waals surface area contributed by atoms with Crippen LogP contribution < -0.4 is 0 Å². The summed E-state index contributed by atoms with van der Waals surface area (Å²) in [7, 11) is 0. The number of ether oxygens (including phenoxy) is 1. The van der Waals surface area contributed by atoms with Gasteiger partial charge in [-0.2, -0.15) is 0 Å². The van der Waals surface area contributed by atoms with E-state index in [9.17, 15) is 4.79 Å². The minimum absolute atomic E-state index is 0.798. The van der Waals surface area contributed by atoms with Gasteiger partial charge >= 0.3 is 39.6 Å². The molecule has 3 rings (SSSR count). The molecule has 0 bridgehead atoms. The molecule has 2 nitrogen and oxygen atoms in total. The van der Waals surface area contributed by atoms with Crippen LogP contribution in [0.5, 0.6) is 0 Å². The van der Waals surface area contributed by atoms with Crippen LogP contribution in [-0.2, 0) is 35.5 Å². The van der Waals surface area contributed by atoms with Crippen LogP contribution in [0.2, 0.25) is 0 Å². The number of fused-ring (bicyclic) bond motifs is 1. The Hall–Kier alpha value is 0.0295. The first-order valence-corrected chi connectivity index (χ1v) is 13.1. The van der Waals surface area contributed by atoms with Crippen LogP contribution in [0.1, 0.15) is 27.0 Å². The summed E-state index contributed by atoms with van der Waals surface area (Å²) in [5.41, 5.74) is 4.72. The molecule has 0 unspecified atom stereocenters. The van der Waals surface area contributed by atoms with E-state index in [-0.39, 0.29) is 0 Å². The summed E-state index contributed by atoms with van der Waals surface area (Å²) < 4.78 is 5.30. The number of benzene rings is 2. The Bertz CT molecular complexity index is 583. The van der Waals surface area contributed by atoms with Gasteiger partial charge in [0.25, 0.3) is 0 Å². The third-order valence-electron chi connectivity index (χ3n) is 3.44. The number of aryl methyl sites for hydroxylation is 1. The van der Waals surface area contributed by atoms with Crippen molar-refractivity contribution < 1.29 is 20.9 Å². The Morgan fingerprint density at radius 3 is 2.29 bits per heavy atom. The van der Waals surface area contributed by atoms with Gasteiger partial charge in [0.2, 0.25) is 0 Å². The Morgan fingerprint density at radius 2 is 1.67 bits per heavy atom. The van der Waals surface area contributed by atoms with Crippen LogP contribution in [-0.4, -0.2) is 18.2 Å². The molecule has 24 heavy (non-hydrogen) atoms. The molecule has 0 radical (unpaired) electrons. The summed E-state index contributed by atoms with van der Waals surface area (Å²) in [6.07, 6.45) is 2.89. The third kappa shape index (κ3) is 8.41. The van der Waals surface area contributed by atoms with E-state index < -0.39 is 0 Å². The number of alkyl halides is 1. The monoisotopic (exact) mass is 567 g/mol. The molecule has 0 amide bonds. The quantitative estimate of drug-likeness (QED) is 0.262. The number of carbonyl (C=O) groups excluding carboxylic acids is 1. The van der Waals surface area contributed by atoms with Gasteiger partial charge in [-0.3, -0.25) is 4.79 Å². The molecule has 135 valence electrons. The minimum atomic E-state index is 0.798. The van der Waals surface area contributed by atoms with Crippen LogP contribution in [0, 0.1) is 0 Å². The second-order valence-corrected chi connectivity index (χ2v) is 10.4. The molecule has 1 aliphatic rings.